The zero-order chi connectivity index (χ0) is 13.1. The molecule has 1 aliphatic carbocycles. The summed E-state index contributed by atoms with van der Waals surface area (Å²) in [7, 11) is 0. The van der Waals surface area contributed by atoms with Gasteiger partial charge in [-0.2, -0.15) is 0 Å². The van der Waals surface area contributed by atoms with Gasteiger partial charge in [0.05, 0.1) is 19.3 Å². The first kappa shape index (κ1) is 14.3. The van der Waals surface area contributed by atoms with Crippen LogP contribution in [0.3, 0.4) is 0 Å². The van der Waals surface area contributed by atoms with E-state index in [1.54, 1.807) is 0 Å². The van der Waals surface area contributed by atoms with Crippen LogP contribution in [-0.2, 0) is 9.47 Å². The number of rotatable bonds is 5. The Kier molecular flexibility index (Phi) is 4.64. The molecule has 1 saturated carbocycles. The fraction of sp³-hybridized carbons (Fsp3) is 1.00. The van der Waals surface area contributed by atoms with Crippen molar-refractivity contribution in [1.82, 2.24) is 0 Å². The van der Waals surface area contributed by atoms with E-state index < -0.39 is 5.79 Å². The lowest BCUT2D eigenvalue weighted by Crippen LogP contribution is -2.35. The van der Waals surface area contributed by atoms with Crippen LogP contribution in [0.2, 0.25) is 0 Å². The Morgan fingerprint density at radius 3 is 2.56 bits per heavy atom. The summed E-state index contributed by atoms with van der Waals surface area (Å²) in [6.45, 7) is 3.53. The van der Waals surface area contributed by atoms with Crippen molar-refractivity contribution in [3.8, 4) is 0 Å². The minimum Gasteiger partial charge on any atom is -0.396 e. The Hall–Kier alpha value is -0.160. The molecule has 1 aliphatic heterocycles. The van der Waals surface area contributed by atoms with Crippen LogP contribution >= 0.6 is 0 Å². The van der Waals surface area contributed by atoms with E-state index in [-0.39, 0.29) is 18.1 Å². The summed E-state index contributed by atoms with van der Waals surface area (Å²) >= 11 is 0. The molecule has 0 aromatic carbocycles. The molecule has 2 N–H and O–H groups in total. The van der Waals surface area contributed by atoms with Crippen molar-refractivity contribution < 1.29 is 19.7 Å². The summed E-state index contributed by atoms with van der Waals surface area (Å²) in [5, 5.41) is 19.4. The van der Waals surface area contributed by atoms with Crippen molar-refractivity contribution >= 4 is 0 Å². The molecule has 1 saturated heterocycles. The molecule has 0 aromatic rings. The summed E-state index contributed by atoms with van der Waals surface area (Å²) in [6, 6.07) is 0. The van der Waals surface area contributed by atoms with Crippen molar-refractivity contribution in [2.24, 2.45) is 5.41 Å². The third kappa shape index (κ3) is 3.44. The van der Waals surface area contributed by atoms with Crippen molar-refractivity contribution in [3.05, 3.63) is 0 Å². The Bertz CT molecular complexity index is 263. The van der Waals surface area contributed by atoms with Crippen molar-refractivity contribution in [1.29, 1.82) is 0 Å². The molecule has 0 aromatic heterocycles. The van der Waals surface area contributed by atoms with Gasteiger partial charge in [-0.1, -0.05) is 6.42 Å². The Labute approximate surface area is 109 Å². The zero-order valence-electron chi connectivity index (χ0n) is 11.4. The van der Waals surface area contributed by atoms with Gasteiger partial charge >= 0.3 is 0 Å². The zero-order valence-corrected chi connectivity index (χ0v) is 11.4. The fourth-order valence-electron chi connectivity index (χ4n) is 3.35. The molecule has 0 spiro atoms. The highest BCUT2D eigenvalue weighted by Gasteiger charge is 2.36. The van der Waals surface area contributed by atoms with Gasteiger partial charge in [-0.25, -0.2) is 0 Å². The predicted molar refractivity (Wildman–Crippen MR) is 68.2 cm³/mol. The molecule has 0 bridgehead atoms. The minimum absolute atomic E-state index is 0.0768. The largest absolute Gasteiger partial charge is 0.396 e. The molecular formula is C14H26O4. The Morgan fingerprint density at radius 1 is 1.22 bits per heavy atom. The van der Waals surface area contributed by atoms with Gasteiger partial charge in [-0.15, -0.1) is 0 Å². The van der Waals surface area contributed by atoms with E-state index >= 15 is 0 Å². The first-order valence-corrected chi connectivity index (χ1v) is 7.14. The monoisotopic (exact) mass is 258 g/mol. The molecule has 0 radical (unpaired) electrons. The molecule has 0 unspecified atom stereocenters. The van der Waals surface area contributed by atoms with E-state index in [9.17, 15) is 10.2 Å². The van der Waals surface area contributed by atoms with Crippen molar-refractivity contribution in [2.75, 3.05) is 19.8 Å². The normalized spacial score (nSPS) is 35.8. The maximum Gasteiger partial charge on any atom is 0.165 e. The molecule has 4 nitrogen and oxygen atoms in total. The Balaban J connectivity index is 1.79. The average Bonchev–Trinajstić information content (AvgIpc) is 2.76. The van der Waals surface area contributed by atoms with E-state index in [1.807, 2.05) is 6.92 Å². The molecule has 18 heavy (non-hydrogen) atoms. The van der Waals surface area contributed by atoms with Gasteiger partial charge in [0.2, 0.25) is 0 Å². The molecule has 2 atom stereocenters. The molecule has 106 valence electrons. The maximum atomic E-state index is 9.78. The first-order valence-electron chi connectivity index (χ1n) is 7.14. The van der Waals surface area contributed by atoms with Crippen LogP contribution in [0.15, 0.2) is 0 Å². The van der Waals surface area contributed by atoms with E-state index in [1.165, 1.54) is 0 Å². The lowest BCUT2D eigenvalue weighted by molar-refractivity contribution is -0.149. The smallest absolute Gasteiger partial charge is 0.165 e. The SMILES string of the molecule is CC1(CCC[C@@]2(CO)CCC[C@H](O)C2)OCCO1. The molecule has 2 aliphatic rings. The molecule has 4 heteroatoms. The van der Waals surface area contributed by atoms with Crippen LogP contribution in [0.4, 0.5) is 0 Å². The second kappa shape index (κ2) is 5.87. The lowest BCUT2D eigenvalue weighted by Gasteiger charge is -2.38. The van der Waals surface area contributed by atoms with Crippen LogP contribution in [0.1, 0.15) is 51.9 Å². The number of aliphatic hydroxyl groups excluding tert-OH is 2. The maximum absolute atomic E-state index is 9.78. The van der Waals surface area contributed by atoms with Gasteiger partial charge in [0, 0.05) is 13.0 Å². The molecule has 2 rings (SSSR count). The van der Waals surface area contributed by atoms with E-state index in [0.29, 0.717) is 13.2 Å². The van der Waals surface area contributed by atoms with Gasteiger partial charge in [0.25, 0.3) is 0 Å². The fourth-order valence-corrected chi connectivity index (χ4v) is 3.35. The van der Waals surface area contributed by atoms with Gasteiger partial charge in [0.1, 0.15) is 0 Å². The second-order valence-electron chi connectivity index (χ2n) is 6.09. The average molecular weight is 258 g/mol. The molecule has 0 amide bonds. The van der Waals surface area contributed by atoms with Gasteiger partial charge in [0.15, 0.2) is 5.79 Å². The van der Waals surface area contributed by atoms with Crippen LogP contribution in [0.25, 0.3) is 0 Å². The summed E-state index contributed by atoms with van der Waals surface area (Å²) in [6.07, 6.45) is 6.22. The van der Waals surface area contributed by atoms with Crippen molar-refractivity contribution in [3.63, 3.8) is 0 Å². The standard InChI is InChI=1S/C14H26O4/c1-13(17-8-9-18-13)5-3-7-14(11-15)6-2-4-12(16)10-14/h12,15-16H,2-11H2,1H3/t12-,14-/m0/s1. The van der Waals surface area contributed by atoms with Gasteiger partial charge < -0.3 is 19.7 Å². The summed E-state index contributed by atoms with van der Waals surface area (Å²) in [5.41, 5.74) is -0.0768. The van der Waals surface area contributed by atoms with E-state index in [0.717, 1.165) is 44.9 Å². The number of hydrogen-bond donors (Lipinski definition) is 2. The van der Waals surface area contributed by atoms with Crippen molar-refractivity contribution in [2.45, 2.75) is 63.8 Å². The first-order chi connectivity index (χ1) is 8.58. The molecule has 1 heterocycles. The third-order valence-electron chi connectivity index (χ3n) is 4.48. The highest BCUT2D eigenvalue weighted by atomic mass is 16.7. The van der Waals surface area contributed by atoms with E-state index in [2.05, 4.69) is 0 Å². The summed E-state index contributed by atoms with van der Waals surface area (Å²) in [4.78, 5) is 0. The third-order valence-corrected chi connectivity index (χ3v) is 4.48. The van der Waals surface area contributed by atoms with Crippen LogP contribution in [0.5, 0.6) is 0 Å². The molecule has 2 fully saturated rings. The van der Waals surface area contributed by atoms with Crippen LogP contribution in [-0.4, -0.2) is 41.9 Å². The summed E-state index contributed by atoms with van der Waals surface area (Å²) in [5.74, 6) is -0.427. The van der Waals surface area contributed by atoms with Crippen LogP contribution < -0.4 is 0 Å². The number of aliphatic hydroxyl groups is 2. The Morgan fingerprint density at radius 2 is 1.94 bits per heavy atom. The summed E-state index contributed by atoms with van der Waals surface area (Å²) < 4.78 is 11.2. The second-order valence-corrected chi connectivity index (χ2v) is 6.09. The minimum atomic E-state index is -0.427. The predicted octanol–water partition coefficient (Wildman–Crippen LogP) is 1.83. The lowest BCUT2D eigenvalue weighted by atomic mass is 9.70. The van der Waals surface area contributed by atoms with E-state index in [4.69, 9.17) is 9.47 Å². The van der Waals surface area contributed by atoms with Crippen LogP contribution in [0, 0.1) is 5.41 Å². The highest BCUT2D eigenvalue weighted by molar-refractivity contribution is 4.86. The number of hydrogen-bond acceptors (Lipinski definition) is 4. The van der Waals surface area contributed by atoms with Gasteiger partial charge in [-0.05, 0) is 44.4 Å². The topological polar surface area (TPSA) is 58.9 Å². The van der Waals surface area contributed by atoms with Gasteiger partial charge in [-0.3, -0.25) is 0 Å². The highest BCUT2D eigenvalue weighted by Crippen LogP contribution is 2.41. The molecular weight excluding hydrogens is 232 g/mol. The number of ether oxygens (including phenoxy) is 2. The quantitative estimate of drug-likeness (QED) is 0.790.